The number of ether oxygens (including phenoxy) is 2. The van der Waals surface area contributed by atoms with Crippen LogP contribution < -0.4 is 0 Å². The van der Waals surface area contributed by atoms with E-state index in [1.165, 1.54) is 38.5 Å². The van der Waals surface area contributed by atoms with E-state index in [1.807, 2.05) is 0 Å². The molecule has 0 amide bonds. The Morgan fingerprint density at radius 3 is 1.97 bits per heavy atom. The highest BCUT2D eigenvalue weighted by Crippen LogP contribution is 2.46. The molecule has 2 saturated carbocycles. The molecule has 0 spiro atoms. The second-order valence-electron chi connectivity index (χ2n) is 9.90. The van der Waals surface area contributed by atoms with Crippen LogP contribution in [0.15, 0.2) is 24.3 Å². The van der Waals surface area contributed by atoms with Crippen LogP contribution >= 0.6 is 0 Å². The minimum absolute atomic E-state index is 0. The second kappa shape index (κ2) is 12.2. The quantitative estimate of drug-likeness (QED) is 0.392. The van der Waals surface area contributed by atoms with Gasteiger partial charge in [-0.2, -0.15) is 0 Å². The Morgan fingerprint density at radius 1 is 0.867 bits per heavy atom. The molecule has 8 unspecified atom stereocenters. The summed E-state index contributed by atoms with van der Waals surface area (Å²) in [6.45, 7) is 3.72. The van der Waals surface area contributed by atoms with E-state index < -0.39 is 0 Å². The number of aldehydes is 1. The van der Waals surface area contributed by atoms with Crippen LogP contribution in [-0.4, -0.2) is 32.7 Å². The van der Waals surface area contributed by atoms with Gasteiger partial charge in [-0.15, -0.1) is 0 Å². The lowest BCUT2D eigenvalue weighted by Crippen LogP contribution is -2.10. The number of hydrogen-bond donors (Lipinski definition) is 0. The number of rotatable bonds is 5. The largest absolute Gasteiger partial charge is 0.381 e. The lowest BCUT2D eigenvalue weighted by atomic mass is 9.86. The third-order valence-electron chi connectivity index (χ3n) is 7.80. The van der Waals surface area contributed by atoms with Crippen molar-refractivity contribution >= 4 is 6.29 Å². The Kier molecular flexibility index (Phi) is 9.05. The highest BCUT2D eigenvalue weighted by atomic mass is 16.5. The van der Waals surface area contributed by atoms with Crippen molar-refractivity contribution in [3.05, 3.63) is 24.3 Å². The molecule has 2 aliphatic heterocycles. The van der Waals surface area contributed by atoms with Gasteiger partial charge in [-0.1, -0.05) is 31.7 Å². The highest BCUT2D eigenvalue weighted by molar-refractivity contribution is 5.50. The minimum Gasteiger partial charge on any atom is -0.381 e. The van der Waals surface area contributed by atoms with Crippen molar-refractivity contribution in [2.24, 2.45) is 41.4 Å². The summed E-state index contributed by atoms with van der Waals surface area (Å²) in [5.41, 5.74) is 0. The molecule has 170 valence electrons. The molecule has 0 aromatic heterocycles. The van der Waals surface area contributed by atoms with Crippen molar-refractivity contribution in [2.45, 2.75) is 71.6 Å². The Hall–Kier alpha value is -0.930. The van der Waals surface area contributed by atoms with Crippen LogP contribution in [0.4, 0.5) is 0 Å². The van der Waals surface area contributed by atoms with E-state index in [-0.39, 0.29) is 13.8 Å². The van der Waals surface area contributed by atoms with Crippen molar-refractivity contribution in [3.63, 3.8) is 0 Å². The van der Waals surface area contributed by atoms with E-state index in [2.05, 4.69) is 24.3 Å². The summed E-state index contributed by atoms with van der Waals surface area (Å²) in [7, 11) is 0. The molecule has 0 N–H and O–H groups in total. The first-order chi connectivity index (χ1) is 14.7. The predicted octanol–water partition coefficient (Wildman–Crippen LogP) is 6.24. The van der Waals surface area contributed by atoms with Gasteiger partial charge in [0.25, 0.3) is 0 Å². The van der Waals surface area contributed by atoms with E-state index in [0.717, 1.165) is 81.6 Å². The van der Waals surface area contributed by atoms with Crippen molar-refractivity contribution in [2.75, 3.05) is 26.4 Å². The van der Waals surface area contributed by atoms with Crippen molar-refractivity contribution in [1.29, 1.82) is 0 Å². The predicted molar refractivity (Wildman–Crippen MR) is 123 cm³/mol. The molecule has 2 heterocycles. The van der Waals surface area contributed by atoms with Gasteiger partial charge in [-0.3, -0.25) is 0 Å². The first-order valence-electron chi connectivity index (χ1n) is 12.7. The van der Waals surface area contributed by atoms with Crippen LogP contribution in [0.2, 0.25) is 0 Å². The molecule has 4 bridgehead atoms. The third-order valence-corrected chi connectivity index (χ3v) is 7.80. The van der Waals surface area contributed by atoms with Gasteiger partial charge in [0.15, 0.2) is 0 Å². The van der Waals surface area contributed by atoms with Crippen molar-refractivity contribution < 1.29 is 15.6 Å². The second-order valence-corrected chi connectivity index (χ2v) is 9.90. The number of carbonyl (C=O) groups excluding carboxylic acids is 1. The van der Waals surface area contributed by atoms with Crippen LogP contribution in [0.3, 0.4) is 0 Å². The summed E-state index contributed by atoms with van der Waals surface area (Å²) in [6, 6.07) is 0. The molecule has 4 aliphatic carbocycles. The Balaban J connectivity index is 0.000000147. The van der Waals surface area contributed by atoms with Crippen molar-refractivity contribution in [3.8, 4) is 0 Å². The Labute approximate surface area is 186 Å². The maximum absolute atomic E-state index is 10.2. The third kappa shape index (κ3) is 6.53. The molecule has 8 atom stereocenters. The zero-order valence-electron chi connectivity index (χ0n) is 18.9. The summed E-state index contributed by atoms with van der Waals surface area (Å²) < 4.78 is 18.5. The maximum atomic E-state index is 10.2. The first kappa shape index (κ1) is 22.3. The van der Waals surface area contributed by atoms with Gasteiger partial charge in [0, 0.05) is 34.2 Å². The molecule has 3 heteroatoms. The van der Waals surface area contributed by atoms with E-state index in [4.69, 9.17) is 10.8 Å². The smallest absolute Gasteiger partial charge is 0.120 e. The summed E-state index contributed by atoms with van der Waals surface area (Å²) in [5, 5.41) is 0. The lowest BCUT2D eigenvalue weighted by molar-refractivity contribution is -0.108. The van der Waals surface area contributed by atoms with Crippen LogP contribution in [0, 0.1) is 41.4 Å². The monoisotopic (exact) mass is 418 g/mol. The average molecular weight is 419 g/mol. The molecule has 0 radical (unpaired) electrons. The topological polar surface area (TPSA) is 35.5 Å². The summed E-state index contributed by atoms with van der Waals surface area (Å²) in [6.07, 6.45) is 21.5. The summed E-state index contributed by atoms with van der Waals surface area (Å²) >= 11 is 0. The molecule has 0 aromatic rings. The molecule has 6 aliphatic rings. The van der Waals surface area contributed by atoms with Gasteiger partial charge in [0.2, 0.25) is 0 Å². The highest BCUT2D eigenvalue weighted by Gasteiger charge is 2.36. The molecule has 6 rings (SSSR count). The number of hydrogen-bond acceptors (Lipinski definition) is 3. The molecule has 4 fully saturated rings. The van der Waals surface area contributed by atoms with Crippen LogP contribution in [0.25, 0.3) is 0 Å². The van der Waals surface area contributed by atoms with Crippen molar-refractivity contribution in [1.82, 2.24) is 0 Å². The Bertz CT molecular complexity index is 586. The first-order valence-corrected chi connectivity index (χ1v) is 12.1. The summed E-state index contributed by atoms with van der Waals surface area (Å²) in [4.78, 5) is 10.2. The van der Waals surface area contributed by atoms with Gasteiger partial charge in [0.1, 0.15) is 6.29 Å². The molecular formula is C27H44O3. The maximum Gasteiger partial charge on any atom is 0.120 e. The molecule has 2 saturated heterocycles. The number of allylic oxidation sites excluding steroid dienone is 4. The number of carbonyl (C=O) groups is 1. The normalized spacial score (nSPS) is 40.8. The fourth-order valence-corrected chi connectivity index (χ4v) is 6.07. The van der Waals surface area contributed by atoms with E-state index in [9.17, 15) is 4.79 Å². The SMILES string of the molecule is C.C1CCOC1.O=CCC1CC2C=CC1C2.[3H]C(CC1CC2C=CC1C2)C1CCOC1. The number of fused-ring (bicyclic) bond motifs is 4. The van der Waals surface area contributed by atoms with Crippen LogP contribution in [0.1, 0.15) is 73.0 Å². The van der Waals surface area contributed by atoms with Gasteiger partial charge in [0.05, 0.1) is 0 Å². The molecule has 3 nitrogen and oxygen atoms in total. The van der Waals surface area contributed by atoms with Gasteiger partial charge >= 0.3 is 0 Å². The van der Waals surface area contributed by atoms with Crippen LogP contribution in [-0.2, 0) is 14.3 Å². The van der Waals surface area contributed by atoms with Gasteiger partial charge < -0.3 is 14.3 Å². The zero-order valence-corrected chi connectivity index (χ0v) is 17.9. The molecule has 30 heavy (non-hydrogen) atoms. The average Bonchev–Trinajstić information content (AvgIpc) is 3.57. The summed E-state index contributed by atoms with van der Waals surface area (Å²) in [5.74, 6) is 5.24. The zero-order chi connectivity index (χ0) is 20.8. The van der Waals surface area contributed by atoms with Crippen LogP contribution in [0.5, 0.6) is 0 Å². The Morgan fingerprint density at radius 2 is 1.53 bits per heavy atom. The van der Waals surface area contributed by atoms with Gasteiger partial charge in [-0.05, 0) is 99.2 Å². The van der Waals surface area contributed by atoms with E-state index >= 15 is 0 Å². The fourth-order valence-electron chi connectivity index (χ4n) is 6.07. The minimum atomic E-state index is 0. The van der Waals surface area contributed by atoms with E-state index in [1.54, 1.807) is 0 Å². The molecule has 0 aromatic carbocycles. The van der Waals surface area contributed by atoms with Gasteiger partial charge in [-0.25, -0.2) is 0 Å². The fraction of sp³-hybridized carbons (Fsp3) is 0.815. The standard InChI is InChI=1S/C13H20O.C9H12O.C4H8O.CH4/c1(10-5-6-14-9-10)3-12-7-11-2-4-13(12)8-11;10-4-3-9-6-7-1-2-8(9)5-7;1-2-4-5-3-1;/h2,4,10-13H,1,3,5-9H2;1-2,4,7-9H,3,5-6H2;1-4H2;1H4/i1T;;;. The molecular weight excluding hydrogens is 372 g/mol. The lowest BCUT2D eigenvalue weighted by Gasteiger charge is -2.19. The van der Waals surface area contributed by atoms with E-state index in [0.29, 0.717) is 11.8 Å².